The van der Waals surface area contributed by atoms with Crippen LogP contribution in [0.25, 0.3) is 0 Å². The van der Waals surface area contributed by atoms with E-state index in [4.69, 9.17) is 15.6 Å². The fourth-order valence-corrected chi connectivity index (χ4v) is 1.85. The van der Waals surface area contributed by atoms with Crippen molar-refractivity contribution in [2.45, 2.75) is 19.8 Å². The van der Waals surface area contributed by atoms with E-state index < -0.39 is 11.9 Å². The maximum Gasteiger partial charge on any atom is 0.306 e. The van der Waals surface area contributed by atoms with Gasteiger partial charge in [0.1, 0.15) is 5.75 Å². The summed E-state index contributed by atoms with van der Waals surface area (Å²) in [4.78, 5) is 11.1. The van der Waals surface area contributed by atoms with Crippen molar-refractivity contribution < 1.29 is 14.6 Å². The van der Waals surface area contributed by atoms with Gasteiger partial charge in [-0.05, 0) is 37.9 Å². The van der Waals surface area contributed by atoms with Crippen molar-refractivity contribution in [2.75, 3.05) is 13.7 Å². The van der Waals surface area contributed by atoms with Crippen LogP contribution in [0.2, 0.25) is 0 Å². The summed E-state index contributed by atoms with van der Waals surface area (Å²) in [5.74, 6) is -0.520. The number of carboxylic acid groups (broad SMARTS) is 1. The molecule has 1 aromatic rings. The Hall–Kier alpha value is -1.55. The standard InChI is InChI=1S/C13H19NO3/c1-9-3-4-12(17-2)11(7-9)8-10(5-6-14)13(15)16/h3-4,7,10H,5-6,8,14H2,1-2H3,(H,15,16). The van der Waals surface area contributed by atoms with Gasteiger partial charge in [-0.25, -0.2) is 0 Å². The molecule has 0 saturated carbocycles. The molecule has 0 bridgehead atoms. The average Bonchev–Trinajstić information content (AvgIpc) is 2.28. The molecule has 0 radical (unpaired) electrons. The first-order valence-electron chi connectivity index (χ1n) is 5.65. The lowest BCUT2D eigenvalue weighted by Crippen LogP contribution is -2.20. The van der Waals surface area contributed by atoms with Gasteiger partial charge in [-0.2, -0.15) is 0 Å². The molecule has 0 saturated heterocycles. The van der Waals surface area contributed by atoms with Crippen molar-refractivity contribution in [3.05, 3.63) is 29.3 Å². The van der Waals surface area contributed by atoms with Crippen molar-refractivity contribution in [3.63, 3.8) is 0 Å². The lowest BCUT2D eigenvalue weighted by atomic mass is 9.95. The molecule has 0 fully saturated rings. The van der Waals surface area contributed by atoms with Crippen molar-refractivity contribution in [3.8, 4) is 5.75 Å². The zero-order chi connectivity index (χ0) is 12.8. The van der Waals surface area contributed by atoms with E-state index in [1.807, 2.05) is 25.1 Å². The highest BCUT2D eigenvalue weighted by Gasteiger charge is 2.19. The van der Waals surface area contributed by atoms with Crippen LogP contribution < -0.4 is 10.5 Å². The minimum Gasteiger partial charge on any atom is -0.496 e. The molecule has 94 valence electrons. The van der Waals surface area contributed by atoms with Gasteiger partial charge in [0.05, 0.1) is 13.0 Å². The van der Waals surface area contributed by atoms with E-state index in [1.54, 1.807) is 7.11 Å². The van der Waals surface area contributed by atoms with E-state index in [2.05, 4.69) is 0 Å². The molecule has 0 amide bonds. The highest BCUT2D eigenvalue weighted by molar-refractivity contribution is 5.70. The fourth-order valence-electron chi connectivity index (χ4n) is 1.85. The third-order valence-electron chi connectivity index (χ3n) is 2.77. The molecule has 0 spiro atoms. The van der Waals surface area contributed by atoms with Gasteiger partial charge in [0.25, 0.3) is 0 Å². The van der Waals surface area contributed by atoms with Crippen molar-refractivity contribution in [1.82, 2.24) is 0 Å². The first-order chi connectivity index (χ1) is 8.08. The summed E-state index contributed by atoms with van der Waals surface area (Å²) >= 11 is 0. The predicted octanol–water partition coefficient (Wildman–Crippen LogP) is 1.60. The normalized spacial score (nSPS) is 12.2. The van der Waals surface area contributed by atoms with Crippen LogP contribution in [0, 0.1) is 12.8 Å². The number of benzene rings is 1. The Kier molecular flexibility index (Phi) is 4.97. The Balaban J connectivity index is 2.91. The zero-order valence-electron chi connectivity index (χ0n) is 10.3. The summed E-state index contributed by atoms with van der Waals surface area (Å²) in [5, 5.41) is 9.10. The summed E-state index contributed by atoms with van der Waals surface area (Å²) in [7, 11) is 1.59. The Labute approximate surface area is 101 Å². The lowest BCUT2D eigenvalue weighted by Gasteiger charge is -2.14. The summed E-state index contributed by atoms with van der Waals surface area (Å²) in [5.41, 5.74) is 7.45. The topological polar surface area (TPSA) is 72.5 Å². The third kappa shape index (κ3) is 3.75. The number of nitrogens with two attached hydrogens (primary N) is 1. The molecule has 1 rings (SSSR count). The molecule has 17 heavy (non-hydrogen) atoms. The first kappa shape index (κ1) is 13.5. The minimum absolute atomic E-state index is 0.380. The fraction of sp³-hybridized carbons (Fsp3) is 0.462. The first-order valence-corrected chi connectivity index (χ1v) is 5.65. The minimum atomic E-state index is -0.806. The van der Waals surface area contributed by atoms with Crippen molar-refractivity contribution in [2.24, 2.45) is 11.7 Å². The van der Waals surface area contributed by atoms with Crippen molar-refractivity contribution in [1.29, 1.82) is 0 Å². The van der Waals surface area contributed by atoms with Crippen LogP contribution in [-0.4, -0.2) is 24.7 Å². The number of carboxylic acids is 1. The Morgan fingerprint density at radius 3 is 2.76 bits per heavy atom. The number of aliphatic carboxylic acids is 1. The summed E-state index contributed by atoms with van der Waals surface area (Å²) < 4.78 is 5.23. The maximum atomic E-state index is 11.1. The number of rotatable bonds is 6. The van der Waals surface area contributed by atoms with Crippen LogP contribution in [0.1, 0.15) is 17.5 Å². The van der Waals surface area contributed by atoms with Gasteiger partial charge in [0.2, 0.25) is 0 Å². The molecular formula is C13H19NO3. The second-order valence-corrected chi connectivity index (χ2v) is 4.13. The molecule has 0 aliphatic heterocycles. The molecule has 4 nitrogen and oxygen atoms in total. The Morgan fingerprint density at radius 1 is 1.53 bits per heavy atom. The molecule has 4 heteroatoms. The van der Waals surface area contributed by atoms with Gasteiger partial charge in [0.15, 0.2) is 0 Å². The highest BCUT2D eigenvalue weighted by atomic mass is 16.5. The van der Waals surface area contributed by atoms with E-state index in [1.165, 1.54) is 0 Å². The summed E-state index contributed by atoms with van der Waals surface area (Å²) in [6.07, 6.45) is 0.934. The molecule has 1 unspecified atom stereocenters. The zero-order valence-corrected chi connectivity index (χ0v) is 10.3. The van der Waals surface area contributed by atoms with Gasteiger partial charge < -0.3 is 15.6 Å². The third-order valence-corrected chi connectivity index (χ3v) is 2.77. The van der Waals surface area contributed by atoms with Crippen LogP contribution in [0.4, 0.5) is 0 Å². The van der Waals surface area contributed by atoms with Crippen LogP contribution in [0.15, 0.2) is 18.2 Å². The number of carbonyl (C=O) groups is 1. The van der Waals surface area contributed by atoms with Gasteiger partial charge >= 0.3 is 5.97 Å². The van der Waals surface area contributed by atoms with Gasteiger partial charge in [-0.15, -0.1) is 0 Å². The quantitative estimate of drug-likeness (QED) is 0.788. The number of aryl methyl sites for hydroxylation is 1. The number of ether oxygens (including phenoxy) is 1. The number of hydrogen-bond donors (Lipinski definition) is 2. The van der Waals surface area contributed by atoms with E-state index in [0.29, 0.717) is 19.4 Å². The average molecular weight is 237 g/mol. The van der Waals surface area contributed by atoms with Crippen LogP contribution in [0.3, 0.4) is 0 Å². The lowest BCUT2D eigenvalue weighted by molar-refractivity contribution is -0.141. The molecule has 3 N–H and O–H groups in total. The number of methoxy groups -OCH3 is 1. The molecule has 1 atom stereocenters. The van der Waals surface area contributed by atoms with Gasteiger partial charge in [-0.1, -0.05) is 17.7 Å². The molecule has 0 aromatic heterocycles. The Morgan fingerprint density at radius 2 is 2.24 bits per heavy atom. The molecule has 0 aliphatic rings. The Bertz CT molecular complexity index is 390. The smallest absolute Gasteiger partial charge is 0.306 e. The van der Waals surface area contributed by atoms with E-state index in [9.17, 15) is 4.79 Å². The molecule has 1 aromatic carbocycles. The van der Waals surface area contributed by atoms with Gasteiger partial charge in [0, 0.05) is 0 Å². The van der Waals surface area contributed by atoms with E-state index >= 15 is 0 Å². The molecule has 0 heterocycles. The van der Waals surface area contributed by atoms with Crippen LogP contribution >= 0.6 is 0 Å². The molecule has 0 aliphatic carbocycles. The SMILES string of the molecule is COc1ccc(C)cc1CC(CCN)C(=O)O. The van der Waals surface area contributed by atoms with Crippen molar-refractivity contribution >= 4 is 5.97 Å². The molecular weight excluding hydrogens is 218 g/mol. The van der Waals surface area contributed by atoms with E-state index in [0.717, 1.165) is 16.9 Å². The summed E-state index contributed by atoms with van der Waals surface area (Å²) in [6.45, 7) is 2.35. The van der Waals surface area contributed by atoms with Crippen LogP contribution in [-0.2, 0) is 11.2 Å². The number of hydrogen-bond acceptors (Lipinski definition) is 3. The maximum absolute atomic E-state index is 11.1. The second kappa shape index (κ2) is 6.25. The van der Waals surface area contributed by atoms with Crippen LogP contribution in [0.5, 0.6) is 5.75 Å². The largest absolute Gasteiger partial charge is 0.496 e. The predicted molar refractivity (Wildman–Crippen MR) is 66.2 cm³/mol. The summed E-state index contributed by atoms with van der Waals surface area (Å²) in [6, 6.07) is 5.78. The second-order valence-electron chi connectivity index (χ2n) is 4.13. The van der Waals surface area contributed by atoms with Gasteiger partial charge in [-0.3, -0.25) is 4.79 Å². The van der Waals surface area contributed by atoms with E-state index in [-0.39, 0.29) is 0 Å². The highest BCUT2D eigenvalue weighted by Crippen LogP contribution is 2.23. The monoisotopic (exact) mass is 237 g/mol.